The van der Waals surface area contributed by atoms with Crippen molar-refractivity contribution < 1.29 is 18.9 Å². The molecule has 4 nitrogen and oxygen atoms in total. The van der Waals surface area contributed by atoms with Crippen molar-refractivity contribution in [2.24, 2.45) is 5.92 Å². The Balaban J connectivity index is 1.44. The van der Waals surface area contributed by atoms with E-state index in [4.69, 9.17) is 18.9 Å². The second-order valence-electron chi connectivity index (χ2n) is 11.6. The van der Waals surface area contributed by atoms with Crippen molar-refractivity contribution in [3.8, 4) is 0 Å². The van der Waals surface area contributed by atoms with Crippen molar-refractivity contribution in [1.29, 1.82) is 0 Å². The normalized spacial score (nSPS) is 22.1. The summed E-state index contributed by atoms with van der Waals surface area (Å²) in [6.45, 7) is 11.4. The Hall–Kier alpha value is -2.15. The SMILES string of the molecule is CCCCO[C@@H]1C(COCc2ccccc2CCc2ccccc2CC)O[C@@H](Sc2ccccc2)[C@@H](OCCCC)C1C. The monoisotopic (exact) mass is 604 g/mol. The average molecular weight is 605 g/mol. The number of rotatable bonds is 18. The molecule has 1 fully saturated rings. The van der Waals surface area contributed by atoms with Crippen LogP contribution in [0, 0.1) is 5.92 Å². The van der Waals surface area contributed by atoms with Gasteiger partial charge in [0.1, 0.15) is 11.5 Å². The van der Waals surface area contributed by atoms with Gasteiger partial charge in [-0.3, -0.25) is 0 Å². The number of hydrogen-bond acceptors (Lipinski definition) is 5. The first-order valence-electron chi connectivity index (χ1n) is 16.5. The van der Waals surface area contributed by atoms with Crippen molar-refractivity contribution in [1.82, 2.24) is 0 Å². The van der Waals surface area contributed by atoms with Gasteiger partial charge in [0.25, 0.3) is 0 Å². The lowest BCUT2D eigenvalue weighted by molar-refractivity contribution is -0.212. The summed E-state index contributed by atoms with van der Waals surface area (Å²) in [5, 5.41) is 0. The van der Waals surface area contributed by atoms with Crippen LogP contribution in [0.5, 0.6) is 0 Å². The molecule has 1 aliphatic heterocycles. The van der Waals surface area contributed by atoms with Crippen molar-refractivity contribution in [2.75, 3.05) is 19.8 Å². The van der Waals surface area contributed by atoms with Crippen LogP contribution in [0.3, 0.4) is 0 Å². The van der Waals surface area contributed by atoms with Crippen molar-refractivity contribution in [2.45, 2.75) is 108 Å². The van der Waals surface area contributed by atoms with E-state index in [-0.39, 0.29) is 29.7 Å². The number of thioether (sulfide) groups is 1. The summed E-state index contributed by atoms with van der Waals surface area (Å²) in [6, 6.07) is 28.0. The van der Waals surface area contributed by atoms with Gasteiger partial charge in [-0.1, -0.05) is 119 Å². The number of ether oxygens (including phenoxy) is 4. The molecule has 4 rings (SSSR count). The molecule has 234 valence electrons. The standard InChI is InChI=1S/C38H52O4S/c1-5-8-25-40-36-29(4)37(41-26-9-6-2)38(43-34-21-11-10-12-22-34)42-35(36)28-39-27-33-20-16-15-19-32(33)24-23-31-18-14-13-17-30(31)7-3/h10-22,29,35-38H,5-9,23-28H2,1-4H3/t29?,35?,36-,37-,38-/m0/s1. The minimum atomic E-state index is -0.164. The highest BCUT2D eigenvalue weighted by Gasteiger charge is 2.45. The second-order valence-corrected chi connectivity index (χ2v) is 12.8. The molecular weight excluding hydrogens is 552 g/mol. The zero-order chi connectivity index (χ0) is 30.3. The fourth-order valence-corrected chi connectivity index (χ4v) is 7.06. The lowest BCUT2D eigenvalue weighted by Gasteiger charge is -2.45. The topological polar surface area (TPSA) is 36.9 Å². The maximum atomic E-state index is 6.83. The highest BCUT2D eigenvalue weighted by molar-refractivity contribution is 7.99. The van der Waals surface area contributed by atoms with Gasteiger partial charge in [0, 0.05) is 24.0 Å². The summed E-state index contributed by atoms with van der Waals surface area (Å²) >= 11 is 1.75. The van der Waals surface area contributed by atoms with Gasteiger partial charge in [-0.15, -0.1) is 0 Å². The molecular formula is C38H52O4S. The molecule has 1 saturated heterocycles. The first-order chi connectivity index (χ1) is 21.1. The molecule has 0 spiro atoms. The van der Waals surface area contributed by atoms with Gasteiger partial charge in [-0.05, 0) is 66.5 Å². The van der Waals surface area contributed by atoms with Crippen LogP contribution in [0.15, 0.2) is 83.8 Å². The van der Waals surface area contributed by atoms with Gasteiger partial charge < -0.3 is 18.9 Å². The van der Waals surface area contributed by atoms with Gasteiger partial charge in [0.05, 0.1) is 25.4 Å². The van der Waals surface area contributed by atoms with E-state index in [0.29, 0.717) is 13.2 Å². The van der Waals surface area contributed by atoms with Crippen LogP contribution in [0.1, 0.15) is 75.6 Å². The van der Waals surface area contributed by atoms with Crippen LogP contribution in [-0.4, -0.2) is 43.6 Å². The molecule has 0 amide bonds. The lowest BCUT2D eigenvalue weighted by Crippen LogP contribution is -2.55. The summed E-state index contributed by atoms with van der Waals surface area (Å²) in [5.41, 5.74) is 5.35. The molecule has 2 unspecified atom stereocenters. The summed E-state index contributed by atoms with van der Waals surface area (Å²) < 4.78 is 26.3. The zero-order valence-electron chi connectivity index (χ0n) is 26.7. The molecule has 3 aromatic rings. The molecule has 0 aromatic heterocycles. The molecule has 0 radical (unpaired) electrons. The van der Waals surface area contributed by atoms with Crippen molar-refractivity contribution in [3.05, 3.63) is 101 Å². The van der Waals surface area contributed by atoms with E-state index in [0.717, 1.165) is 58.2 Å². The van der Waals surface area contributed by atoms with Crippen LogP contribution in [0.4, 0.5) is 0 Å². The van der Waals surface area contributed by atoms with E-state index in [2.05, 4.69) is 107 Å². The van der Waals surface area contributed by atoms with Gasteiger partial charge in [-0.25, -0.2) is 0 Å². The Bertz CT molecular complexity index is 1190. The quantitative estimate of drug-likeness (QED) is 0.135. The second kappa shape index (κ2) is 18.6. The van der Waals surface area contributed by atoms with Gasteiger partial charge >= 0.3 is 0 Å². The van der Waals surface area contributed by atoms with Crippen LogP contribution in [-0.2, 0) is 44.8 Å². The van der Waals surface area contributed by atoms with E-state index in [1.165, 1.54) is 27.1 Å². The van der Waals surface area contributed by atoms with Crippen molar-refractivity contribution >= 4 is 11.8 Å². The number of hydrogen-bond donors (Lipinski definition) is 0. The molecule has 3 aromatic carbocycles. The van der Waals surface area contributed by atoms with Crippen molar-refractivity contribution in [3.63, 3.8) is 0 Å². The maximum absolute atomic E-state index is 6.83. The highest BCUT2D eigenvalue weighted by Crippen LogP contribution is 2.39. The van der Waals surface area contributed by atoms with E-state index in [1.54, 1.807) is 11.8 Å². The number of benzene rings is 3. The van der Waals surface area contributed by atoms with Gasteiger partial charge in [0.15, 0.2) is 0 Å². The van der Waals surface area contributed by atoms with Crippen LogP contribution >= 0.6 is 11.8 Å². The first kappa shape index (κ1) is 33.7. The fourth-order valence-electron chi connectivity index (χ4n) is 5.82. The van der Waals surface area contributed by atoms with Crippen LogP contribution in [0.25, 0.3) is 0 Å². The predicted molar refractivity (Wildman–Crippen MR) is 179 cm³/mol. The Kier molecular flexibility index (Phi) is 14.6. The molecule has 0 N–H and O–H groups in total. The number of unbranched alkanes of at least 4 members (excludes halogenated alkanes) is 2. The van der Waals surface area contributed by atoms with Gasteiger partial charge in [0.2, 0.25) is 0 Å². The highest BCUT2D eigenvalue weighted by atomic mass is 32.2. The summed E-state index contributed by atoms with van der Waals surface area (Å²) in [5.74, 6) is 0.184. The molecule has 5 atom stereocenters. The average Bonchev–Trinajstić information content (AvgIpc) is 3.04. The Morgan fingerprint density at radius 3 is 1.86 bits per heavy atom. The largest absolute Gasteiger partial charge is 0.375 e. The van der Waals surface area contributed by atoms with E-state index in [9.17, 15) is 0 Å². The Morgan fingerprint density at radius 2 is 1.23 bits per heavy atom. The molecule has 0 bridgehead atoms. The summed E-state index contributed by atoms with van der Waals surface area (Å²) in [7, 11) is 0. The van der Waals surface area contributed by atoms with Gasteiger partial charge in [-0.2, -0.15) is 0 Å². The molecule has 1 aliphatic rings. The van der Waals surface area contributed by atoms with E-state index in [1.807, 2.05) is 0 Å². The van der Waals surface area contributed by atoms with Crippen LogP contribution < -0.4 is 0 Å². The van der Waals surface area contributed by atoms with Crippen LogP contribution in [0.2, 0.25) is 0 Å². The molecule has 5 heteroatoms. The fraction of sp³-hybridized carbons (Fsp3) is 0.526. The smallest absolute Gasteiger partial charge is 0.134 e. The third kappa shape index (κ3) is 10.2. The summed E-state index contributed by atoms with van der Waals surface area (Å²) in [6.07, 6.45) is 7.11. The number of aryl methyl sites for hydroxylation is 3. The molecule has 1 heterocycles. The lowest BCUT2D eigenvalue weighted by atomic mass is 9.91. The minimum absolute atomic E-state index is 0.0497. The Labute approximate surface area is 264 Å². The minimum Gasteiger partial charge on any atom is -0.375 e. The molecule has 0 aliphatic carbocycles. The zero-order valence-corrected chi connectivity index (χ0v) is 27.5. The third-order valence-corrected chi connectivity index (χ3v) is 9.57. The first-order valence-corrected chi connectivity index (χ1v) is 17.3. The maximum Gasteiger partial charge on any atom is 0.134 e. The molecule has 43 heavy (non-hydrogen) atoms. The summed E-state index contributed by atoms with van der Waals surface area (Å²) in [4.78, 5) is 1.19. The predicted octanol–water partition coefficient (Wildman–Crippen LogP) is 9.07. The molecule has 0 saturated carbocycles. The van der Waals surface area contributed by atoms with E-state index < -0.39 is 0 Å². The van der Waals surface area contributed by atoms with E-state index >= 15 is 0 Å². The third-order valence-electron chi connectivity index (χ3n) is 8.41. The Morgan fingerprint density at radius 1 is 0.674 bits per heavy atom.